The van der Waals surface area contributed by atoms with E-state index >= 15 is 0 Å². The second-order valence-electron chi connectivity index (χ2n) is 4.97. The van der Waals surface area contributed by atoms with Gasteiger partial charge >= 0.3 is 6.09 Å². The minimum Gasteiger partial charge on any atom is -0.412 e. The fraction of sp³-hybridized carbons (Fsp3) is 0.333. The summed E-state index contributed by atoms with van der Waals surface area (Å²) >= 11 is 0. The van der Waals surface area contributed by atoms with E-state index in [9.17, 15) is 9.59 Å². The molecule has 2 aliphatic rings. The molecular formula is C15H16N2O3. The zero-order valence-electron chi connectivity index (χ0n) is 11.0. The summed E-state index contributed by atoms with van der Waals surface area (Å²) in [5.41, 5.74) is 1.03. The lowest BCUT2D eigenvalue weighted by Gasteiger charge is -2.09. The fourth-order valence-corrected chi connectivity index (χ4v) is 2.60. The molecule has 0 aliphatic carbocycles. The first-order valence-electron chi connectivity index (χ1n) is 6.76. The molecule has 2 saturated heterocycles. The van der Waals surface area contributed by atoms with Gasteiger partial charge in [-0.2, -0.15) is 0 Å². The van der Waals surface area contributed by atoms with E-state index < -0.39 is 0 Å². The van der Waals surface area contributed by atoms with Crippen LogP contribution in [-0.4, -0.2) is 29.5 Å². The van der Waals surface area contributed by atoms with Crippen molar-refractivity contribution in [1.29, 1.82) is 0 Å². The van der Waals surface area contributed by atoms with Gasteiger partial charge in [0.05, 0.1) is 6.04 Å². The average molecular weight is 272 g/mol. The van der Waals surface area contributed by atoms with Crippen LogP contribution in [-0.2, 0) is 16.1 Å². The highest BCUT2D eigenvalue weighted by atomic mass is 16.6. The number of carbonyl (C=O) groups is 2. The molecule has 0 bridgehead atoms. The van der Waals surface area contributed by atoms with E-state index in [2.05, 4.69) is 5.32 Å². The number of cyclic esters (lactones) is 1. The first kappa shape index (κ1) is 12.7. The molecule has 0 spiro atoms. The summed E-state index contributed by atoms with van der Waals surface area (Å²) in [5, 5.41) is 2.80. The molecule has 2 amide bonds. The number of carbonyl (C=O) groups excluding carboxylic acids is 2. The predicted octanol–water partition coefficient (Wildman–Crippen LogP) is 1.80. The third kappa shape index (κ3) is 2.52. The molecule has 5 nitrogen and oxygen atoms in total. The van der Waals surface area contributed by atoms with Crippen molar-refractivity contribution in [3.63, 3.8) is 0 Å². The van der Waals surface area contributed by atoms with Gasteiger partial charge in [0.1, 0.15) is 5.76 Å². The van der Waals surface area contributed by atoms with Crippen LogP contribution in [0.4, 0.5) is 4.79 Å². The van der Waals surface area contributed by atoms with Gasteiger partial charge in [-0.1, -0.05) is 30.3 Å². The van der Waals surface area contributed by atoms with Crippen LogP contribution in [0, 0.1) is 0 Å². The summed E-state index contributed by atoms with van der Waals surface area (Å²) < 4.78 is 5.14. The highest BCUT2D eigenvalue weighted by Gasteiger charge is 2.41. The Bertz CT molecular complexity index is 553. The maximum absolute atomic E-state index is 11.9. The minimum atomic E-state index is -0.338. The molecule has 20 heavy (non-hydrogen) atoms. The van der Waals surface area contributed by atoms with Crippen molar-refractivity contribution >= 4 is 12.0 Å². The summed E-state index contributed by atoms with van der Waals surface area (Å²) in [5.74, 6) is 0.239. The van der Waals surface area contributed by atoms with Gasteiger partial charge in [-0.3, -0.25) is 9.69 Å². The summed E-state index contributed by atoms with van der Waals surface area (Å²) in [4.78, 5) is 25.1. The molecule has 1 aromatic rings. The molecule has 0 unspecified atom stereocenters. The Hall–Kier alpha value is -2.30. The smallest absolute Gasteiger partial charge is 0.412 e. The van der Waals surface area contributed by atoms with Crippen molar-refractivity contribution in [3.05, 3.63) is 47.7 Å². The molecule has 1 N–H and O–H groups in total. The van der Waals surface area contributed by atoms with Crippen LogP contribution in [0.2, 0.25) is 0 Å². The standard InChI is InChI=1S/C15H16N2O3/c18-14(16-10-11-5-2-1-3-6-11)9-13-12-7-4-8-17(12)15(19)20-13/h1-3,5-6,9,12H,4,7-8,10H2,(H,16,18)/b13-9-/t12-/m0/s1. The van der Waals surface area contributed by atoms with E-state index in [1.54, 1.807) is 4.90 Å². The number of ether oxygens (including phenoxy) is 1. The number of amides is 2. The van der Waals surface area contributed by atoms with Crippen LogP contribution in [0.25, 0.3) is 0 Å². The van der Waals surface area contributed by atoms with Gasteiger partial charge in [0.15, 0.2) is 0 Å². The normalized spacial score (nSPS) is 22.8. The average Bonchev–Trinajstić information content (AvgIpc) is 3.04. The van der Waals surface area contributed by atoms with Crippen molar-refractivity contribution < 1.29 is 14.3 Å². The van der Waals surface area contributed by atoms with E-state index in [-0.39, 0.29) is 18.0 Å². The van der Waals surface area contributed by atoms with Crippen LogP contribution in [0.1, 0.15) is 18.4 Å². The van der Waals surface area contributed by atoms with E-state index in [1.165, 1.54) is 6.08 Å². The molecule has 2 fully saturated rings. The molecule has 1 atom stereocenters. The maximum Gasteiger partial charge on any atom is 0.415 e. The Morgan fingerprint density at radius 2 is 2.20 bits per heavy atom. The largest absolute Gasteiger partial charge is 0.415 e. The lowest BCUT2D eigenvalue weighted by Crippen LogP contribution is -2.27. The molecule has 104 valence electrons. The second-order valence-corrected chi connectivity index (χ2v) is 4.97. The number of hydrogen-bond acceptors (Lipinski definition) is 3. The molecule has 2 aliphatic heterocycles. The molecule has 2 heterocycles. The highest BCUT2D eigenvalue weighted by molar-refractivity contribution is 5.89. The zero-order chi connectivity index (χ0) is 13.9. The summed E-state index contributed by atoms with van der Waals surface area (Å²) in [6.07, 6.45) is 2.89. The van der Waals surface area contributed by atoms with E-state index in [1.807, 2.05) is 30.3 Å². The van der Waals surface area contributed by atoms with E-state index in [0.717, 1.165) is 18.4 Å². The Labute approximate surface area is 117 Å². The maximum atomic E-state index is 11.9. The predicted molar refractivity (Wildman–Crippen MR) is 72.6 cm³/mol. The van der Waals surface area contributed by atoms with Gasteiger partial charge < -0.3 is 10.1 Å². The van der Waals surface area contributed by atoms with Gasteiger partial charge in [0, 0.05) is 19.2 Å². The van der Waals surface area contributed by atoms with Gasteiger partial charge in [-0.05, 0) is 18.4 Å². The number of hydrogen-bond donors (Lipinski definition) is 1. The summed E-state index contributed by atoms with van der Waals surface area (Å²) in [6, 6.07) is 9.62. The van der Waals surface area contributed by atoms with E-state index in [4.69, 9.17) is 4.74 Å². The SMILES string of the molecule is O=C(/C=C1\OC(=O)N2CCC[C@@H]12)NCc1ccccc1. The van der Waals surface area contributed by atoms with Crippen LogP contribution in [0.15, 0.2) is 42.2 Å². The minimum absolute atomic E-state index is 0.0509. The lowest BCUT2D eigenvalue weighted by atomic mass is 10.2. The number of nitrogens with zero attached hydrogens (tertiary/aromatic N) is 1. The Morgan fingerprint density at radius 1 is 1.40 bits per heavy atom. The van der Waals surface area contributed by atoms with Crippen molar-refractivity contribution in [1.82, 2.24) is 10.2 Å². The topological polar surface area (TPSA) is 58.6 Å². The van der Waals surface area contributed by atoms with Gasteiger partial charge in [0.25, 0.3) is 0 Å². The first-order chi connectivity index (χ1) is 9.74. The van der Waals surface area contributed by atoms with Crippen molar-refractivity contribution in [3.8, 4) is 0 Å². The number of benzene rings is 1. The zero-order valence-corrected chi connectivity index (χ0v) is 11.0. The highest BCUT2D eigenvalue weighted by Crippen LogP contribution is 2.31. The summed E-state index contributed by atoms with van der Waals surface area (Å²) in [6.45, 7) is 1.18. The third-order valence-electron chi connectivity index (χ3n) is 3.60. The van der Waals surface area contributed by atoms with Crippen LogP contribution in [0.3, 0.4) is 0 Å². The third-order valence-corrected chi connectivity index (χ3v) is 3.60. The van der Waals surface area contributed by atoms with Gasteiger partial charge in [-0.15, -0.1) is 0 Å². The Morgan fingerprint density at radius 3 is 3.00 bits per heavy atom. The number of rotatable bonds is 3. The van der Waals surface area contributed by atoms with Crippen molar-refractivity contribution in [2.45, 2.75) is 25.4 Å². The summed E-state index contributed by atoms with van der Waals surface area (Å²) in [7, 11) is 0. The van der Waals surface area contributed by atoms with Gasteiger partial charge in [-0.25, -0.2) is 4.79 Å². The van der Waals surface area contributed by atoms with Crippen LogP contribution < -0.4 is 5.32 Å². The molecule has 5 heteroatoms. The van der Waals surface area contributed by atoms with Crippen LogP contribution in [0.5, 0.6) is 0 Å². The van der Waals surface area contributed by atoms with E-state index in [0.29, 0.717) is 18.8 Å². The molecule has 0 aromatic heterocycles. The first-order valence-corrected chi connectivity index (χ1v) is 6.76. The molecule has 0 saturated carbocycles. The molecular weight excluding hydrogens is 256 g/mol. The number of nitrogens with one attached hydrogen (secondary N) is 1. The van der Waals surface area contributed by atoms with Gasteiger partial charge in [0.2, 0.25) is 5.91 Å². The van der Waals surface area contributed by atoms with Crippen LogP contribution >= 0.6 is 0 Å². The monoisotopic (exact) mass is 272 g/mol. The Balaban J connectivity index is 1.61. The van der Waals surface area contributed by atoms with Crippen molar-refractivity contribution in [2.75, 3.05) is 6.54 Å². The lowest BCUT2D eigenvalue weighted by molar-refractivity contribution is -0.116. The quantitative estimate of drug-likeness (QED) is 0.854. The molecule has 1 aromatic carbocycles. The fourth-order valence-electron chi connectivity index (χ4n) is 2.60. The second kappa shape index (κ2) is 5.36. The molecule has 0 radical (unpaired) electrons. The number of fused-ring (bicyclic) bond motifs is 1. The van der Waals surface area contributed by atoms with Crippen molar-refractivity contribution in [2.24, 2.45) is 0 Å². The molecule has 3 rings (SSSR count). The Kier molecular flexibility index (Phi) is 3.41.